The van der Waals surface area contributed by atoms with Crippen LogP contribution in [0.5, 0.6) is 0 Å². The van der Waals surface area contributed by atoms with Crippen molar-refractivity contribution in [3.8, 4) is 11.1 Å². The minimum absolute atomic E-state index is 0.0581. The third-order valence-corrected chi connectivity index (χ3v) is 2.58. The van der Waals surface area contributed by atoms with Crippen molar-refractivity contribution in [3.63, 3.8) is 0 Å². The van der Waals surface area contributed by atoms with Crippen LogP contribution in [0.25, 0.3) is 11.1 Å². The van der Waals surface area contributed by atoms with Gasteiger partial charge in [-0.2, -0.15) is 0 Å². The molecule has 0 radical (unpaired) electrons. The normalized spacial score (nSPS) is 10.4. The summed E-state index contributed by atoms with van der Waals surface area (Å²) in [5.74, 6) is 0. The fraction of sp³-hybridized carbons (Fsp3) is 0.143. The third-order valence-electron chi connectivity index (χ3n) is 2.58. The van der Waals surface area contributed by atoms with Crippen LogP contribution >= 0.6 is 0 Å². The van der Waals surface area contributed by atoms with Crippen LogP contribution in [0.3, 0.4) is 0 Å². The van der Waals surface area contributed by atoms with E-state index in [2.05, 4.69) is 0 Å². The van der Waals surface area contributed by atoms with E-state index >= 15 is 0 Å². The van der Waals surface area contributed by atoms with E-state index < -0.39 is 0 Å². The summed E-state index contributed by atoms with van der Waals surface area (Å²) in [6.45, 7) is 0.125. The first-order valence-corrected chi connectivity index (χ1v) is 5.23. The highest BCUT2D eigenvalue weighted by Gasteiger charge is 1.99. The molecule has 0 amide bonds. The van der Waals surface area contributed by atoms with Crippen LogP contribution in [0.15, 0.2) is 48.5 Å². The zero-order valence-electron chi connectivity index (χ0n) is 8.93. The Morgan fingerprint density at radius 3 is 2.00 bits per heavy atom. The predicted octanol–water partition coefficient (Wildman–Crippen LogP) is 2.34. The van der Waals surface area contributed by atoms with E-state index in [0.29, 0.717) is 0 Å². The summed E-state index contributed by atoms with van der Waals surface area (Å²) in [5, 5.41) is 18.0. The van der Waals surface area contributed by atoms with Gasteiger partial charge in [0.1, 0.15) is 0 Å². The second-order valence-electron chi connectivity index (χ2n) is 3.71. The maximum Gasteiger partial charge on any atom is 0.0682 e. The van der Waals surface area contributed by atoms with Crippen molar-refractivity contribution in [3.05, 3.63) is 59.7 Å². The average molecular weight is 214 g/mol. The van der Waals surface area contributed by atoms with Gasteiger partial charge in [0, 0.05) is 0 Å². The lowest BCUT2D eigenvalue weighted by molar-refractivity contribution is 0.281. The summed E-state index contributed by atoms with van der Waals surface area (Å²) < 4.78 is 0. The molecule has 2 aromatic rings. The molecule has 0 saturated carbocycles. The first-order chi connectivity index (χ1) is 7.83. The minimum atomic E-state index is 0.0581. The molecule has 0 atom stereocenters. The second-order valence-corrected chi connectivity index (χ2v) is 3.71. The van der Waals surface area contributed by atoms with Gasteiger partial charge in [-0.15, -0.1) is 0 Å². The van der Waals surface area contributed by atoms with Gasteiger partial charge < -0.3 is 10.2 Å². The summed E-state index contributed by atoms with van der Waals surface area (Å²) in [6, 6.07) is 15.6. The molecule has 0 saturated heterocycles. The van der Waals surface area contributed by atoms with Crippen LogP contribution in [-0.4, -0.2) is 10.2 Å². The van der Waals surface area contributed by atoms with Crippen LogP contribution in [0.1, 0.15) is 11.1 Å². The molecule has 0 aliphatic carbocycles. The van der Waals surface area contributed by atoms with E-state index in [1.165, 1.54) is 0 Å². The lowest BCUT2D eigenvalue weighted by Crippen LogP contribution is -1.86. The summed E-state index contributed by atoms with van der Waals surface area (Å²) in [6.07, 6.45) is 0. The molecule has 0 heterocycles. The summed E-state index contributed by atoms with van der Waals surface area (Å²) in [5.41, 5.74) is 3.98. The van der Waals surface area contributed by atoms with Gasteiger partial charge in [0.25, 0.3) is 0 Å². The van der Waals surface area contributed by atoms with Crippen molar-refractivity contribution in [1.82, 2.24) is 0 Å². The van der Waals surface area contributed by atoms with E-state index in [-0.39, 0.29) is 13.2 Å². The largest absolute Gasteiger partial charge is 0.392 e. The monoisotopic (exact) mass is 214 g/mol. The fourth-order valence-electron chi connectivity index (χ4n) is 1.65. The lowest BCUT2D eigenvalue weighted by atomic mass is 10.0. The van der Waals surface area contributed by atoms with Crippen LogP contribution in [0.4, 0.5) is 0 Å². The Balaban J connectivity index is 2.34. The molecule has 0 fully saturated rings. The molecule has 0 aliphatic heterocycles. The smallest absolute Gasteiger partial charge is 0.0682 e. The van der Waals surface area contributed by atoms with Crippen molar-refractivity contribution in [1.29, 1.82) is 0 Å². The topological polar surface area (TPSA) is 40.5 Å². The first kappa shape index (κ1) is 10.9. The van der Waals surface area contributed by atoms with Crippen LogP contribution in [0, 0.1) is 0 Å². The standard InChI is InChI=1S/C14H14O2/c15-9-11-4-6-13(7-5-11)14-3-1-2-12(8-14)10-16/h1-8,15-16H,9-10H2. The molecule has 2 rings (SSSR count). The van der Waals surface area contributed by atoms with Crippen molar-refractivity contribution in [2.24, 2.45) is 0 Å². The molecule has 0 unspecified atom stereocenters. The van der Waals surface area contributed by atoms with Crippen LogP contribution in [-0.2, 0) is 13.2 Å². The average Bonchev–Trinajstić information content (AvgIpc) is 2.39. The number of hydrogen-bond acceptors (Lipinski definition) is 2. The van der Waals surface area contributed by atoms with Gasteiger partial charge in [0.2, 0.25) is 0 Å². The fourth-order valence-corrected chi connectivity index (χ4v) is 1.65. The second kappa shape index (κ2) is 4.92. The molecular formula is C14H14O2. The Labute approximate surface area is 94.8 Å². The Morgan fingerprint density at radius 1 is 0.688 bits per heavy atom. The Morgan fingerprint density at radius 2 is 1.38 bits per heavy atom. The van der Waals surface area contributed by atoms with Gasteiger partial charge in [-0.25, -0.2) is 0 Å². The number of hydrogen-bond donors (Lipinski definition) is 2. The van der Waals surface area contributed by atoms with Gasteiger partial charge in [0.15, 0.2) is 0 Å². The minimum Gasteiger partial charge on any atom is -0.392 e. The summed E-state index contributed by atoms with van der Waals surface area (Å²) in [4.78, 5) is 0. The number of aliphatic hydroxyl groups excluding tert-OH is 2. The predicted molar refractivity (Wildman–Crippen MR) is 63.7 cm³/mol. The van der Waals surface area contributed by atoms with Gasteiger partial charge >= 0.3 is 0 Å². The summed E-state index contributed by atoms with van der Waals surface area (Å²) in [7, 11) is 0. The van der Waals surface area contributed by atoms with E-state index in [9.17, 15) is 0 Å². The molecule has 2 aromatic carbocycles. The van der Waals surface area contributed by atoms with Crippen LogP contribution in [0.2, 0.25) is 0 Å². The molecular weight excluding hydrogens is 200 g/mol. The number of benzene rings is 2. The highest BCUT2D eigenvalue weighted by Crippen LogP contribution is 2.21. The van der Waals surface area contributed by atoms with E-state index in [0.717, 1.165) is 22.3 Å². The molecule has 0 bridgehead atoms. The SMILES string of the molecule is OCc1ccc(-c2cccc(CO)c2)cc1. The first-order valence-electron chi connectivity index (χ1n) is 5.23. The number of rotatable bonds is 3. The zero-order valence-corrected chi connectivity index (χ0v) is 8.93. The van der Waals surface area contributed by atoms with Crippen molar-refractivity contribution >= 4 is 0 Å². The van der Waals surface area contributed by atoms with Gasteiger partial charge in [-0.1, -0.05) is 42.5 Å². The molecule has 0 aliphatic rings. The maximum atomic E-state index is 9.06. The molecule has 0 aromatic heterocycles. The quantitative estimate of drug-likeness (QED) is 0.823. The van der Waals surface area contributed by atoms with Crippen molar-refractivity contribution < 1.29 is 10.2 Å². The van der Waals surface area contributed by atoms with E-state index in [1.807, 2.05) is 48.5 Å². The molecule has 2 heteroatoms. The number of aliphatic hydroxyl groups is 2. The Bertz CT molecular complexity index is 460. The van der Waals surface area contributed by atoms with Crippen molar-refractivity contribution in [2.45, 2.75) is 13.2 Å². The van der Waals surface area contributed by atoms with E-state index in [1.54, 1.807) is 0 Å². The molecule has 16 heavy (non-hydrogen) atoms. The molecule has 82 valence electrons. The Hall–Kier alpha value is -1.64. The molecule has 2 nitrogen and oxygen atoms in total. The van der Waals surface area contributed by atoms with Gasteiger partial charge in [-0.3, -0.25) is 0 Å². The van der Waals surface area contributed by atoms with Crippen LogP contribution < -0.4 is 0 Å². The van der Waals surface area contributed by atoms with E-state index in [4.69, 9.17) is 10.2 Å². The Kier molecular flexibility index (Phi) is 3.34. The van der Waals surface area contributed by atoms with Gasteiger partial charge in [0.05, 0.1) is 13.2 Å². The highest BCUT2D eigenvalue weighted by atomic mass is 16.3. The highest BCUT2D eigenvalue weighted by molar-refractivity contribution is 5.64. The zero-order chi connectivity index (χ0) is 11.4. The van der Waals surface area contributed by atoms with Gasteiger partial charge in [-0.05, 0) is 28.3 Å². The maximum absolute atomic E-state index is 9.06. The third kappa shape index (κ3) is 2.30. The van der Waals surface area contributed by atoms with Crippen molar-refractivity contribution in [2.75, 3.05) is 0 Å². The lowest BCUT2D eigenvalue weighted by Gasteiger charge is -2.04. The molecule has 2 N–H and O–H groups in total. The molecule has 0 spiro atoms. The summed E-state index contributed by atoms with van der Waals surface area (Å²) >= 11 is 0.